The second-order valence-electron chi connectivity index (χ2n) is 7.81. The number of rotatable bonds is 6. The Morgan fingerprint density at radius 2 is 2.03 bits per heavy atom. The molecular weight excluding hydrogens is 483 g/mol. The van der Waals surface area contributed by atoms with Crippen LogP contribution in [0, 0.1) is 5.82 Å². The molecule has 0 atom stereocenters. The molecule has 2 aromatic carbocycles. The van der Waals surface area contributed by atoms with Gasteiger partial charge in [-0.3, -0.25) is 14.5 Å². The molecule has 0 aliphatic rings. The minimum atomic E-state index is -0.910. The van der Waals surface area contributed by atoms with E-state index in [1.807, 2.05) is 18.2 Å². The summed E-state index contributed by atoms with van der Waals surface area (Å²) in [6.07, 6.45) is 4.62. The third kappa shape index (κ3) is 4.34. The third-order valence-electron chi connectivity index (χ3n) is 5.50. The average Bonchev–Trinajstić information content (AvgIpc) is 3.40. The summed E-state index contributed by atoms with van der Waals surface area (Å²) in [5, 5.41) is 9.34. The van der Waals surface area contributed by atoms with Gasteiger partial charge in [-0.15, -0.1) is 0 Å². The van der Waals surface area contributed by atoms with Crippen molar-refractivity contribution in [3.8, 4) is 0 Å². The molecule has 0 aliphatic heterocycles. The number of amides is 1. The highest BCUT2D eigenvalue weighted by Gasteiger charge is 2.18. The Labute approximate surface area is 202 Å². The van der Waals surface area contributed by atoms with Crippen LogP contribution in [0.3, 0.4) is 0 Å². The number of hydrogen-bond acceptors (Lipinski definition) is 3. The summed E-state index contributed by atoms with van der Waals surface area (Å²) in [5.74, 6) is -1.04. The lowest BCUT2D eigenvalue weighted by atomic mass is 10.1. The molecule has 3 heterocycles. The number of nitrogens with one attached hydrogen (secondary N) is 2. The normalized spacial score (nSPS) is 11.4. The second-order valence-corrected chi connectivity index (χ2v) is 8.65. The fraction of sp³-hybridized carbons (Fsp3) is 0.125. The molecule has 0 saturated carbocycles. The molecule has 3 aromatic heterocycles. The number of alkyl halides is 1. The van der Waals surface area contributed by atoms with Crippen LogP contribution >= 0.6 is 23.2 Å². The number of benzene rings is 2. The van der Waals surface area contributed by atoms with E-state index < -0.39 is 18.4 Å². The Balaban J connectivity index is 1.34. The predicted molar refractivity (Wildman–Crippen MR) is 127 cm³/mol. The van der Waals surface area contributed by atoms with Crippen LogP contribution in [0.2, 0.25) is 10.0 Å². The first-order valence-electron chi connectivity index (χ1n) is 10.3. The quantitative estimate of drug-likeness (QED) is 0.309. The molecule has 0 saturated heterocycles. The maximum absolute atomic E-state index is 14.4. The molecule has 0 radical (unpaired) electrons. The van der Waals surface area contributed by atoms with E-state index >= 15 is 0 Å². The molecule has 2 N–H and O–H groups in total. The van der Waals surface area contributed by atoms with E-state index in [0.717, 1.165) is 16.5 Å². The summed E-state index contributed by atoms with van der Waals surface area (Å²) in [5.41, 5.74) is 2.60. The van der Waals surface area contributed by atoms with Crippen molar-refractivity contribution in [1.29, 1.82) is 0 Å². The van der Waals surface area contributed by atoms with Gasteiger partial charge in [0.15, 0.2) is 0 Å². The lowest BCUT2D eigenvalue weighted by Gasteiger charge is -2.07. The molecule has 10 heteroatoms. The summed E-state index contributed by atoms with van der Waals surface area (Å²) in [6.45, 7) is -0.677. The van der Waals surface area contributed by atoms with Crippen molar-refractivity contribution >= 4 is 50.9 Å². The molecule has 0 bridgehead atoms. The fourth-order valence-corrected chi connectivity index (χ4v) is 4.21. The second kappa shape index (κ2) is 9.04. The molecular formula is C24H17Cl2F2N5O. The van der Waals surface area contributed by atoms with Gasteiger partial charge in [0, 0.05) is 47.0 Å². The van der Waals surface area contributed by atoms with Crippen LogP contribution in [0.4, 0.5) is 8.78 Å². The number of carbonyl (C=O) groups excluding carboxylic acids is 1. The van der Waals surface area contributed by atoms with Gasteiger partial charge in [0.1, 0.15) is 18.2 Å². The molecule has 34 heavy (non-hydrogen) atoms. The number of nitrogens with zero attached hydrogens (tertiary/aromatic N) is 3. The van der Waals surface area contributed by atoms with Gasteiger partial charge in [-0.05, 0) is 35.9 Å². The molecule has 5 rings (SSSR count). The molecule has 1 amide bonds. The van der Waals surface area contributed by atoms with Crippen LogP contribution in [0.25, 0.3) is 21.8 Å². The zero-order valence-electron chi connectivity index (χ0n) is 17.6. The Kier molecular flexibility index (Phi) is 5.93. The van der Waals surface area contributed by atoms with Crippen LogP contribution in [-0.2, 0) is 19.8 Å². The van der Waals surface area contributed by atoms with Crippen molar-refractivity contribution < 1.29 is 13.6 Å². The number of aromatic amines is 1. The number of H-pyrrole nitrogens is 1. The van der Waals surface area contributed by atoms with E-state index in [9.17, 15) is 13.6 Å². The van der Waals surface area contributed by atoms with Crippen LogP contribution in [-0.4, -0.2) is 25.7 Å². The van der Waals surface area contributed by atoms with Crippen molar-refractivity contribution in [2.24, 2.45) is 0 Å². The van der Waals surface area contributed by atoms with Gasteiger partial charge >= 0.3 is 0 Å². The van der Waals surface area contributed by atoms with E-state index in [1.165, 1.54) is 16.9 Å². The summed E-state index contributed by atoms with van der Waals surface area (Å²) in [6, 6.07) is 10.3. The highest BCUT2D eigenvalue weighted by atomic mass is 35.5. The van der Waals surface area contributed by atoms with Crippen LogP contribution < -0.4 is 5.32 Å². The van der Waals surface area contributed by atoms with Crippen molar-refractivity contribution in [2.45, 2.75) is 19.8 Å². The van der Waals surface area contributed by atoms with E-state index in [4.69, 9.17) is 23.2 Å². The number of pyridine rings is 1. The summed E-state index contributed by atoms with van der Waals surface area (Å²) >= 11 is 12.1. The number of carbonyl (C=O) groups is 1. The predicted octanol–water partition coefficient (Wildman–Crippen LogP) is 5.81. The summed E-state index contributed by atoms with van der Waals surface area (Å²) < 4.78 is 29.5. The molecule has 5 aromatic rings. The lowest BCUT2D eigenvalue weighted by molar-refractivity contribution is 0.0949. The van der Waals surface area contributed by atoms with Crippen molar-refractivity contribution in [3.63, 3.8) is 0 Å². The van der Waals surface area contributed by atoms with Crippen LogP contribution in [0.1, 0.15) is 27.2 Å². The zero-order chi connectivity index (χ0) is 23.8. The maximum atomic E-state index is 14.4. The smallest absolute Gasteiger partial charge is 0.255 e. The number of halogens is 4. The first-order valence-corrected chi connectivity index (χ1v) is 11.1. The number of aromatic nitrogens is 4. The molecule has 0 fully saturated rings. The summed E-state index contributed by atoms with van der Waals surface area (Å²) in [7, 11) is 0. The largest absolute Gasteiger partial charge is 0.360 e. The Morgan fingerprint density at radius 3 is 2.85 bits per heavy atom. The summed E-state index contributed by atoms with van der Waals surface area (Å²) in [4.78, 5) is 19.9. The SMILES string of the molecule is O=C(NCc1cc2c(Cl)c[nH]c2cc1F)c1cn(Cc2ccc3ncc(Cl)cc3c2)nc1CF. The fourth-order valence-electron chi connectivity index (χ4n) is 3.83. The highest BCUT2D eigenvalue weighted by Crippen LogP contribution is 2.26. The van der Waals surface area contributed by atoms with Crippen LogP contribution in [0.15, 0.2) is 55.0 Å². The molecule has 0 spiro atoms. The van der Waals surface area contributed by atoms with Gasteiger partial charge in [-0.25, -0.2) is 8.78 Å². The first-order chi connectivity index (χ1) is 16.4. The van der Waals surface area contributed by atoms with Crippen LogP contribution in [0.5, 0.6) is 0 Å². The first kappa shape index (κ1) is 22.3. The van der Waals surface area contributed by atoms with Gasteiger partial charge in [-0.2, -0.15) is 5.10 Å². The van der Waals surface area contributed by atoms with Gasteiger partial charge < -0.3 is 10.3 Å². The lowest BCUT2D eigenvalue weighted by Crippen LogP contribution is -2.24. The molecule has 0 unspecified atom stereocenters. The van der Waals surface area contributed by atoms with Gasteiger partial charge in [0.2, 0.25) is 0 Å². The monoisotopic (exact) mass is 499 g/mol. The minimum Gasteiger partial charge on any atom is -0.360 e. The van der Waals surface area contributed by atoms with Gasteiger partial charge in [0.05, 0.1) is 27.7 Å². The maximum Gasteiger partial charge on any atom is 0.255 e. The molecule has 6 nitrogen and oxygen atoms in total. The Bertz CT molecular complexity index is 1550. The highest BCUT2D eigenvalue weighted by molar-refractivity contribution is 6.35. The van der Waals surface area contributed by atoms with E-state index in [1.54, 1.807) is 24.5 Å². The van der Waals surface area contributed by atoms with Crippen molar-refractivity contribution in [1.82, 2.24) is 25.1 Å². The van der Waals surface area contributed by atoms with E-state index in [-0.39, 0.29) is 23.4 Å². The van der Waals surface area contributed by atoms with E-state index in [0.29, 0.717) is 27.5 Å². The topological polar surface area (TPSA) is 75.6 Å². The van der Waals surface area contributed by atoms with Crippen molar-refractivity contribution in [3.05, 3.63) is 93.2 Å². The average molecular weight is 500 g/mol. The van der Waals surface area contributed by atoms with Gasteiger partial charge in [-0.1, -0.05) is 29.3 Å². The van der Waals surface area contributed by atoms with E-state index in [2.05, 4.69) is 20.4 Å². The number of hydrogen-bond donors (Lipinski definition) is 2. The minimum absolute atomic E-state index is 0.00704. The Morgan fingerprint density at radius 1 is 1.18 bits per heavy atom. The van der Waals surface area contributed by atoms with Gasteiger partial charge in [0.25, 0.3) is 5.91 Å². The third-order valence-corrected chi connectivity index (χ3v) is 6.02. The Hall–Kier alpha value is -3.49. The van der Waals surface area contributed by atoms with Crippen molar-refractivity contribution in [2.75, 3.05) is 0 Å². The standard InChI is InChI=1S/C24H17Cl2F2N5O/c25-16-4-14-3-13(1-2-21(14)29-9-16)11-33-12-18(23(7-27)32-33)24(34)31-8-15-5-17-19(26)10-30-22(17)6-20(15)28/h1-6,9-10,12,30H,7-8,11H2,(H,31,34). The molecule has 172 valence electrons. The molecule has 0 aliphatic carbocycles. The number of fused-ring (bicyclic) bond motifs is 2. The zero-order valence-corrected chi connectivity index (χ0v) is 19.1.